The molecule has 23 heavy (non-hydrogen) atoms. The highest BCUT2D eigenvalue weighted by Crippen LogP contribution is 2.36. The van der Waals surface area contributed by atoms with Crippen molar-refractivity contribution in [1.29, 1.82) is 0 Å². The maximum Gasteiger partial charge on any atom is 0.331 e. The van der Waals surface area contributed by atoms with Crippen LogP contribution in [0.1, 0.15) is 83.5 Å². The minimum atomic E-state index is -1.27. The third-order valence-electron chi connectivity index (χ3n) is 5.13. The average Bonchev–Trinajstić information content (AvgIpc) is 2.92. The van der Waals surface area contributed by atoms with Crippen LogP contribution in [0.2, 0.25) is 0 Å². The monoisotopic (exact) mass is 324 g/mol. The Balaban J connectivity index is 0.000000257. The molecule has 0 aliphatic heterocycles. The fourth-order valence-electron chi connectivity index (χ4n) is 3.82. The minimum Gasteiger partial charge on any atom is -0.481 e. The first-order valence-corrected chi connectivity index (χ1v) is 9.13. The van der Waals surface area contributed by atoms with E-state index in [1.807, 2.05) is 0 Å². The molecule has 0 heterocycles. The van der Waals surface area contributed by atoms with Crippen molar-refractivity contribution in [3.05, 3.63) is 12.2 Å². The second kappa shape index (κ2) is 11.3. The van der Waals surface area contributed by atoms with Crippen molar-refractivity contribution in [3.8, 4) is 0 Å². The van der Waals surface area contributed by atoms with Crippen molar-refractivity contribution in [3.63, 3.8) is 0 Å². The number of rotatable bonds is 4. The van der Waals surface area contributed by atoms with Gasteiger partial charge in [0, 0.05) is 5.57 Å². The summed E-state index contributed by atoms with van der Waals surface area (Å²) >= 11 is 0. The Morgan fingerprint density at radius 1 is 0.739 bits per heavy atom. The van der Waals surface area contributed by atoms with Gasteiger partial charge in [-0.25, -0.2) is 4.79 Å². The summed E-state index contributed by atoms with van der Waals surface area (Å²) < 4.78 is 0. The predicted molar refractivity (Wildman–Crippen MR) is 91.4 cm³/mol. The van der Waals surface area contributed by atoms with Crippen LogP contribution >= 0.6 is 0 Å². The van der Waals surface area contributed by atoms with E-state index in [1.54, 1.807) is 25.7 Å². The quantitative estimate of drug-likeness (QED) is 0.562. The molecule has 2 aliphatic carbocycles. The molecule has 0 bridgehead atoms. The molecule has 132 valence electrons. The fraction of sp³-hybridized carbons (Fsp3) is 0.789. The lowest BCUT2D eigenvalue weighted by molar-refractivity contribution is -0.139. The van der Waals surface area contributed by atoms with Crippen LogP contribution in [0.3, 0.4) is 0 Å². The van der Waals surface area contributed by atoms with Gasteiger partial charge in [0.15, 0.2) is 0 Å². The highest BCUT2D eigenvalue weighted by atomic mass is 16.4. The van der Waals surface area contributed by atoms with E-state index in [1.165, 1.54) is 51.4 Å². The molecule has 0 aromatic carbocycles. The first-order chi connectivity index (χ1) is 11.0. The SMILES string of the molecule is C1CCCC(C2CCCCCC2)CC1.C=C(CC(=O)O)C(=O)O. The second-order valence-corrected chi connectivity index (χ2v) is 6.98. The number of hydrogen-bond donors (Lipinski definition) is 2. The highest BCUT2D eigenvalue weighted by Gasteiger charge is 2.23. The standard InChI is InChI=1S/C14H26.C5H6O4/c1-2-6-10-13(9-5-1)14-11-7-3-4-8-12-14;1-3(5(8)9)2-4(6)7/h13-14H,1-12H2;1-2H2,(H,6,7)(H,8,9). The van der Waals surface area contributed by atoms with E-state index in [9.17, 15) is 9.59 Å². The van der Waals surface area contributed by atoms with Gasteiger partial charge in [-0.2, -0.15) is 0 Å². The summed E-state index contributed by atoms with van der Waals surface area (Å²) in [7, 11) is 0. The summed E-state index contributed by atoms with van der Waals surface area (Å²) in [4.78, 5) is 19.7. The van der Waals surface area contributed by atoms with Gasteiger partial charge in [-0.15, -0.1) is 0 Å². The van der Waals surface area contributed by atoms with Crippen LogP contribution in [0, 0.1) is 11.8 Å². The van der Waals surface area contributed by atoms with Crippen molar-refractivity contribution < 1.29 is 19.8 Å². The fourth-order valence-corrected chi connectivity index (χ4v) is 3.82. The van der Waals surface area contributed by atoms with Crippen LogP contribution < -0.4 is 0 Å². The molecule has 0 unspecified atom stereocenters. The Labute approximate surface area is 140 Å². The summed E-state index contributed by atoms with van der Waals surface area (Å²) in [5.41, 5.74) is -0.303. The van der Waals surface area contributed by atoms with Crippen LogP contribution in [0.4, 0.5) is 0 Å². The Morgan fingerprint density at radius 2 is 1.09 bits per heavy atom. The Bertz CT molecular complexity index is 355. The van der Waals surface area contributed by atoms with E-state index in [-0.39, 0.29) is 5.57 Å². The molecule has 2 N–H and O–H groups in total. The van der Waals surface area contributed by atoms with Gasteiger partial charge in [-0.1, -0.05) is 83.6 Å². The van der Waals surface area contributed by atoms with E-state index in [4.69, 9.17) is 10.2 Å². The molecule has 0 aromatic rings. The molecule has 4 nitrogen and oxygen atoms in total. The zero-order valence-electron chi connectivity index (χ0n) is 14.3. The van der Waals surface area contributed by atoms with Crippen molar-refractivity contribution in [2.24, 2.45) is 11.8 Å². The maximum absolute atomic E-state index is 9.87. The number of carbonyl (C=O) groups is 2. The molecule has 4 heteroatoms. The molecule has 0 amide bonds. The first-order valence-electron chi connectivity index (χ1n) is 9.13. The van der Waals surface area contributed by atoms with Gasteiger partial charge in [0.1, 0.15) is 0 Å². The summed E-state index contributed by atoms with van der Waals surface area (Å²) in [6, 6.07) is 0. The highest BCUT2D eigenvalue weighted by molar-refractivity contribution is 5.91. The lowest BCUT2D eigenvalue weighted by Gasteiger charge is -2.24. The topological polar surface area (TPSA) is 74.6 Å². The van der Waals surface area contributed by atoms with Crippen LogP contribution in [0.5, 0.6) is 0 Å². The molecular weight excluding hydrogens is 292 g/mol. The average molecular weight is 324 g/mol. The zero-order valence-corrected chi connectivity index (χ0v) is 14.3. The molecule has 0 radical (unpaired) electrons. The Kier molecular flexibility index (Phi) is 9.65. The second-order valence-electron chi connectivity index (χ2n) is 6.98. The summed E-state index contributed by atoms with van der Waals surface area (Å²) in [6.07, 6.45) is 17.9. The number of carboxylic acid groups (broad SMARTS) is 2. The third-order valence-corrected chi connectivity index (χ3v) is 5.13. The molecule has 2 fully saturated rings. The normalized spacial score (nSPS) is 20.5. The van der Waals surface area contributed by atoms with Gasteiger partial charge in [-0.05, 0) is 11.8 Å². The molecule has 0 aromatic heterocycles. The third kappa shape index (κ3) is 8.77. The molecule has 2 saturated carbocycles. The lowest BCUT2D eigenvalue weighted by Crippen LogP contribution is -2.13. The molecule has 2 aliphatic rings. The van der Waals surface area contributed by atoms with Gasteiger partial charge in [-0.3, -0.25) is 4.79 Å². The molecule has 0 saturated heterocycles. The predicted octanol–water partition coefficient (Wildman–Crippen LogP) is 5.03. The minimum absolute atomic E-state index is 0.303. The van der Waals surface area contributed by atoms with Crippen molar-refractivity contribution in [2.45, 2.75) is 83.5 Å². The molecule has 2 rings (SSSR count). The lowest BCUT2D eigenvalue weighted by atomic mass is 9.81. The summed E-state index contributed by atoms with van der Waals surface area (Å²) in [6.45, 7) is 3.01. The number of hydrogen-bond acceptors (Lipinski definition) is 2. The van der Waals surface area contributed by atoms with E-state index in [2.05, 4.69) is 6.58 Å². The van der Waals surface area contributed by atoms with Gasteiger partial charge in [0.05, 0.1) is 6.42 Å². The van der Waals surface area contributed by atoms with Gasteiger partial charge in [0.25, 0.3) is 0 Å². The van der Waals surface area contributed by atoms with E-state index >= 15 is 0 Å². The van der Waals surface area contributed by atoms with Crippen molar-refractivity contribution in [2.75, 3.05) is 0 Å². The summed E-state index contributed by atoms with van der Waals surface area (Å²) in [5, 5.41) is 16.1. The molecular formula is C19H32O4. The van der Waals surface area contributed by atoms with Crippen LogP contribution in [0.15, 0.2) is 12.2 Å². The zero-order chi connectivity index (χ0) is 17.1. The largest absolute Gasteiger partial charge is 0.481 e. The number of aliphatic carboxylic acids is 2. The first kappa shape index (κ1) is 19.7. The van der Waals surface area contributed by atoms with Crippen LogP contribution in [-0.4, -0.2) is 22.2 Å². The summed E-state index contributed by atoms with van der Waals surface area (Å²) in [5.74, 6) is -0.203. The van der Waals surface area contributed by atoms with Crippen molar-refractivity contribution >= 4 is 11.9 Å². The Hall–Kier alpha value is -1.32. The molecule has 0 spiro atoms. The maximum atomic E-state index is 9.87. The molecule has 0 atom stereocenters. The number of carboxylic acids is 2. The Morgan fingerprint density at radius 3 is 1.30 bits per heavy atom. The van der Waals surface area contributed by atoms with E-state index < -0.39 is 18.4 Å². The van der Waals surface area contributed by atoms with Crippen molar-refractivity contribution in [1.82, 2.24) is 0 Å². The van der Waals surface area contributed by atoms with E-state index in [0.717, 1.165) is 11.8 Å². The smallest absolute Gasteiger partial charge is 0.331 e. The van der Waals surface area contributed by atoms with Crippen LogP contribution in [-0.2, 0) is 9.59 Å². The van der Waals surface area contributed by atoms with Gasteiger partial charge in [0.2, 0.25) is 0 Å². The van der Waals surface area contributed by atoms with E-state index in [0.29, 0.717) is 0 Å². The van der Waals surface area contributed by atoms with Gasteiger partial charge < -0.3 is 10.2 Å². The van der Waals surface area contributed by atoms with Gasteiger partial charge >= 0.3 is 11.9 Å². The van der Waals surface area contributed by atoms with Crippen LogP contribution in [0.25, 0.3) is 0 Å².